The molecule has 1 N–H and O–H groups in total. The molecule has 1 aliphatic rings. The smallest absolute Gasteiger partial charge is 0.413 e. The Kier molecular flexibility index (Phi) is 3.84. The Morgan fingerprint density at radius 1 is 1.36 bits per heavy atom. The van der Waals surface area contributed by atoms with Crippen LogP contribution in [0, 0.1) is 0 Å². The van der Waals surface area contributed by atoms with E-state index in [9.17, 15) is 4.79 Å². The fourth-order valence-electron chi connectivity index (χ4n) is 2.01. The molecule has 7 heteroatoms. The molecule has 0 atom stereocenters. The number of nitrogens with one attached hydrogen (secondary N) is 1. The number of aromatic nitrogens is 2. The standard InChI is InChI=1S/C15H17N3O3S/c1-15(2,3)21-14(19)18-13-17-11-5-4-10(16-12(11)22-13)9-6-7-20-8-9/h4-6H,7-8H2,1-3H3,(H,17,18,19). The number of nitrogens with zero attached hydrogens (tertiary/aromatic N) is 2. The van der Waals surface area contributed by atoms with Gasteiger partial charge in [0.25, 0.3) is 0 Å². The van der Waals surface area contributed by atoms with E-state index < -0.39 is 11.7 Å². The molecular formula is C15H17N3O3S. The van der Waals surface area contributed by atoms with Crippen molar-refractivity contribution in [1.29, 1.82) is 0 Å². The van der Waals surface area contributed by atoms with Crippen molar-refractivity contribution in [1.82, 2.24) is 9.97 Å². The second kappa shape index (κ2) is 5.66. The van der Waals surface area contributed by atoms with E-state index in [2.05, 4.69) is 15.3 Å². The van der Waals surface area contributed by atoms with Crippen LogP contribution in [0.4, 0.5) is 9.93 Å². The highest BCUT2D eigenvalue weighted by Gasteiger charge is 2.18. The van der Waals surface area contributed by atoms with Gasteiger partial charge < -0.3 is 9.47 Å². The molecule has 0 aliphatic carbocycles. The summed E-state index contributed by atoms with van der Waals surface area (Å²) in [7, 11) is 0. The molecule has 0 radical (unpaired) electrons. The molecule has 1 amide bonds. The number of hydrogen-bond donors (Lipinski definition) is 1. The van der Waals surface area contributed by atoms with Crippen molar-refractivity contribution in [3.8, 4) is 0 Å². The first kappa shape index (κ1) is 14.9. The summed E-state index contributed by atoms with van der Waals surface area (Å²) in [5, 5.41) is 3.12. The van der Waals surface area contributed by atoms with Gasteiger partial charge in [-0.15, -0.1) is 0 Å². The summed E-state index contributed by atoms with van der Waals surface area (Å²) >= 11 is 1.32. The molecule has 0 spiro atoms. The van der Waals surface area contributed by atoms with Gasteiger partial charge in [-0.1, -0.05) is 17.4 Å². The number of anilines is 1. The third-order valence-corrected chi connectivity index (χ3v) is 3.78. The van der Waals surface area contributed by atoms with Crippen molar-refractivity contribution >= 4 is 38.5 Å². The first-order valence-corrected chi connectivity index (χ1v) is 7.77. The second-order valence-electron chi connectivity index (χ2n) is 5.91. The van der Waals surface area contributed by atoms with E-state index in [1.54, 1.807) is 0 Å². The lowest BCUT2D eigenvalue weighted by atomic mass is 10.2. The van der Waals surface area contributed by atoms with E-state index in [1.807, 2.05) is 39.0 Å². The molecule has 0 unspecified atom stereocenters. The van der Waals surface area contributed by atoms with Crippen LogP contribution in [0.25, 0.3) is 15.9 Å². The van der Waals surface area contributed by atoms with Crippen LogP contribution in [-0.4, -0.2) is 34.9 Å². The number of carbonyl (C=O) groups excluding carboxylic acids is 1. The Labute approximate surface area is 132 Å². The van der Waals surface area contributed by atoms with E-state index in [-0.39, 0.29) is 0 Å². The summed E-state index contributed by atoms with van der Waals surface area (Å²) in [4.78, 5) is 21.5. The number of pyridine rings is 1. The number of amides is 1. The quantitative estimate of drug-likeness (QED) is 0.917. The molecule has 3 rings (SSSR count). The average molecular weight is 319 g/mol. The van der Waals surface area contributed by atoms with Gasteiger partial charge >= 0.3 is 6.09 Å². The Hall–Kier alpha value is -1.99. The third kappa shape index (κ3) is 3.42. The highest BCUT2D eigenvalue weighted by atomic mass is 32.1. The number of rotatable bonds is 2. The van der Waals surface area contributed by atoms with E-state index in [1.165, 1.54) is 11.3 Å². The second-order valence-corrected chi connectivity index (χ2v) is 6.89. The number of ether oxygens (including phenoxy) is 2. The van der Waals surface area contributed by atoms with Crippen LogP contribution in [-0.2, 0) is 9.47 Å². The van der Waals surface area contributed by atoms with Gasteiger partial charge in [0.1, 0.15) is 15.9 Å². The highest BCUT2D eigenvalue weighted by molar-refractivity contribution is 7.21. The van der Waals surface area contributed by atoms with Crippen LogP contribution in [0.15, 0.2) is 18.2 Å². The summed E-state index contributed by atoms with van der Waals surface area (Å²) in [6.45, 7) is 6.66. The van der Waals surface area contributed by atoms with Crippen molar-refractivity contribution < 1.29 is 14.3 Å². The third-order valence-electron chi connectivity index (χ3n) is 2.90. The van der Waals surface area contributed by atoms with E-state index >= 15 is 0 Å². The molecule has 0 fully saturated rings. The molecule has 0 saturated carbocycles. The molecule has 0 aromatic carbocycles. The lowest BCUT2D eigenvalue weighted by molar-refractivity contribution is 0.0636. The minimum Gasteiger partial charge on any atom is -0.444 e. The van der Waals surface area contributed by atoms with Gasteiger partial charge in [0.2, 0.25) is 0 Å². The number of hydrogen-bond acceptors (Lipinski definition) is 6. The van der Waals surface area contributed by atoms with E-state index in [4.69, 9.17) is 9.47 Å². The highest BCUT2D eigenvalue weighted by Crippen LogP contribution is 2.27. The van der Waals surface area contributed by atoms with Crippen LogP contribution < -0.4 is 5.32 Å². The zero-order valence-electron chi connectivity index (χ0n) is 12.7. The first-order valence-electron chi connectivity index (χ1n) is 6.95. The Bertz CT molecular complexity index is 746. The zero-order chi connectivity index (χ0) is 15.7. The monoisotopic (exact) mass is 319 g/mol. The van der Waals surface area contributed by atoms with Crippen LogP contribution in [0.2, 0.25) is 0 Å². The van der Waals surface area contributed by atoms with Crippen LogP contribution in [0.5, 0.6) is 0 Å². The zero-order valence-corrected chi connectivity index (χ0v) is 13.5. The van der Waals surface area contributed by atoms with Crippen molar-refractivity contribution in [3.63, 3.8) is 0 Å². The van der Waals surface area contributed by atoms with Crippen molar-refractivity contribution in [2.75, 3.05) is 18.5 Å². The summed E-state index contributed by atoms with van der Waals surface area (Å²) in [6, 6.07) is 3.81. The lowest BCUT2D eigenvalue weighted by Gasteiger charge is -2.18. The fourth-order valence-corrected chi connectivity index (χ4v) is 2.83. The van der Waals surface area contributed by atoms with Gasteiger partial charge in [0.05, 0.1) is 18.9 Å². The van der Waals surface area contributed by atoms with Crippen LogP contribution >= 0.6 is 11.3 Å². The van der Waals surface area contributed by atoms with Gasteiger partial charge in [0.15, 0.2) is 5.13 Å². The topological polar surface area (TPSA) is 73.3 Å². The Morgan fingerprint density at radius 2 is 2.18 bits per heavy atom. The number of carbonyl (C=O) groups is 1. The Morgan fingerprint density at radius 3 is 2.86 bits per heavy atom. The van der Waals surface area contributed by atoms with Gasteiger partial charge in [-0.05, 0) is 32.9 Å². The molecule has 6 nitrogen and oxygen atoms in total. The van der Waals surface area contributed by atoms with Crippen molar-refractivity contribution in [2.24, 2.45) is 0 Å². The summed E-state index contributed by atoms with van der Waals surface area (Å²) in [6.07, 6.45) is 1.51. The fraction of sp³-hybridized carbons (Fsp3) is 0.400. The average Bonchev–Trinajstić information content (AvgIpc) is 3.03. The molecule has 2 aromatic heterocycles. The minimum atomic E-state index is -0.541. The molecule has 2 aromatic rings. The summed E-state index contributed by atoms with van der Waals surface area (Å²) in [5.74, 6) is 0. The van der Waals surface area contributed by atoms with E-state index in [0.29, 0.717) is 18.3 Å². The lowest BCUT2D eigenvalue weighted by Crippen LogP contribution is -2.27. The molecule has 22 heavy (non-hydrogen) atoms. The normalized spacial score (nSPS) is 15.0. The minimum absolute atomic E-state index is 0.477. The molecular weight excluding hydrogens is 302 g/mol. The molecule has 0 bridgehead atoms. The SMILES string of the molecule is CC(C)(C)OC(=O)Nc1nc2ccc(C3=CCOC3)nc2s1. The van der Waals surface area contributed by atoms with Gasteiger partial charge in [-0.3, -0.25) is 5.32 Å². The maximum atomic E-state index is 11.8. The van der Waals surface area contributed by atoms with E-state index in [0.717, 1.165) is 21.6 Å². The van der Waals surface area contributed by atoms with Crippen LogP contribution in [0.1, 0.15) is 26.5 Å². The maximum absolute atomic E-state index is 11.8. The predicted molar refractivity (Wildman–Crippen MR) is 86.1 cm³/mol. The van der Waals surface area contributed by atoms with Crippen molar-refractivity contribution in [2.45, 2.75) is 26.4 Å². The predicted octanol–water partition coefficient (Wildman–Crippen LogP) is 3.45. The van der Waals surface area contributed by atoms with Crippen molar-refractivity contribution in [3.05, 3.63) is 23.9 Å². The number of fused-ring (bicyclic) bond motifs is 1. The van der Waals surface area contributed by atoms with Gasteiger partial charge in [-0.25, -0.2) is 14.8 Å². The number of thiazole rings is 1. The molecule has 1 aliphatic heterocycles. The maximum Gasteiger partial charge on any atom is 0.413 e. The van der Waals surface area contributed by atoms with Gasteiger partial charge in [-0.2, -0.15) is 0 Å². The summed E-state index contributed by atoms with van der Waals surface area (Å²) < 4.78 is 10.5. The molecule has 0 saturated heterocycles. The Balaban J connectivity index is 1.79. The summed E-state index contributed by atoms with van der Waals surface area (Å²) in [5.41, 5.74) is 2.18. The molecule has 116 valence electrons. The first-order chi connectivity index (χ1) is 10.4. The van der Waals surface area contributed by atoms with Gasteiger partial charge in [0, 0.05) is 5.57 Å². The van der Waals surface area contributed by atoms with Crippen LogP contribution in [0.3, 0.4) is 0 Å². The molecule has 3 heterocycles. The largest absolute Gasteiger partial charge is 0.444 e.